The number of imide groups is 2. The van der Waals surface area contributed by atoms with Crippen LogP contribution in [0.3, 0.4) is 0 Å². The number of rotatable bonds is 11. The number of nitrogens with zero attached hydrogens (tertiary/aromatic N) is 11. The van der Waals surface area contributed by atoms with Crippen LogP contribution in [0.5, 0.6) is 0 Å². The second-order valence-electron chi connectivity index (χ2n) is 18.2. The molecule has 0 radical (unpaired) electrons. The van der Waals surface area contributed by atoms with Gasteiger partial charge >= 0.3 is 0 Å². The van der Waals surface area contributed by atoms with Crippen LogP contribution in [0.2, 0.25) is 0 Å². The van der Waals surface area contributed by atoms with Gasteiger partial charge in [0.1, 0.15) is 23.5 Å². The lowest BCUT2D eigenvalue weighted by Gasteiger charge is -2.47. The zero-order valence-electron chi connectivity index (χ0n) is 36.5. The van der Waals surface area contributed by atoms with Gasteiger partial charge in [-0.25, -0.2) is 27.8 Å². The zero-order valence-corrected chi connectivity index (χ0v) is 37.3. The number of carbonyl (C=O) groups is 4. The standard InChI is InChI=1S/C44H50FN13O6S/c1-24(2)58-35-17-38(49-37-9-12-46-40(50-37)28-18-48-56(23-28)65(63,64)29-5-6-29)47-19-32(35)41(52-58)53-13-10-27(11-14-53)22-55-25(3)20-54(21-26(55)4)36-16-31-30(15-33(36)45)43(61)57(44(31)62)34-7-8-39(59)51-42(34)60/h9,12,15-19,23-27,29,34H,5-8,10-11,13-14,20-22H2,1-4H3,(H,51,59,60)(H,46,47,49,50). The summed E-state index contributed by atoms with van der Waals surface area (Å²) in [6.07, 6.45) is 9.59. The van der Waals surface area contributed by atoms with Crippen molar-refractivity contribution in [2.45, 2.75) is 95.6 Å². The molecule has 0 spiro atoms. The topological polar surface area (TPSA) is 214 Å². The summed E-state index contributed by atoms with van der Waals surface area (Å²) in [5.74, 6) is -0.425. The van der Waals surface area contributed by atoms with E-state index >= 15 is 4.39 Å². The Labute approximate surface area is 374 Å². The van der Waals surface area contributed by atoms with Crippen molar-refractivity contribution in [2.24, 2.45) is 5.92 Å². The molecule has 4 aliphatic heterocycles. The van der Waals surface area contributed by atoms with Gasteiger partial charge in [0.15, 0.2) is 11.6 Å². The predicted octanol–water partition coefficient (Wildman–Crippen LogP) is 4.11. The summed E-state index contributed by atoms with van der Waals surface area (Å²) in [5, 5.41) is 15.2. The molecule has 3 atom stereocenters. The third kappa shape index (κ3) is 7.76. The zero-order chi connectivity index (χ0) is 45.5. The van der Waals surface area contributed by atoms with Crippen molar-refractivity contribution in [1.29, 1.82) is 0 Å². The molecule has 4 aromatic heterocycles. The number of carbonyl (C=O) groups excluding carboxylic acids is 4. The minimum atomic E-state index is -3.51. The second kappa shape index (κ2) is 16.3. The quantitative estimate of drug-likeness (QED) is 0.179. The number of piperidine rings is 2. The summed E-state index contributed by atoms with van der Waals surface area (Å²) in [6.45, 7) is 12.0. The number of fused-ring (bicyclic) bond motifs is 2. The van der Waals surface area contributed by atoms with Crippen molar-refractivity contribution in [3.8, 4) is 11.4 Å². The van der Waals surface area contributed by atoms with Crippen LogP contribution in [0.1, 0.15) is 93.0 Å². The lowest BCUT2D eigenvalue weighted by atomic mass is 9.94. The third-order valence-corrected chi connectivity index (χ3v) is 15.4. The van der Waals surface area contributed by atoms with E-state index in [2.05, 4.69) is 63.2 Å². The van der Waals surface area contributed by atoms with Crippen LogP contribution in [0.25, 0.3) is 22.3 Å². The average molecular weight is 908 g/mol. The summed E-state index contributed by atoms with van der Waals surface area (Å²) < 4.78 is 44.2. The summed E-state index contributed by atoms with van der Waals surface area (Å²) in [6, 6.07) is 5.34. The maximum Gasteiger partial charge on any atom is 0.262 e. The van der Waals surface area contributed by atoms with Crippen molar-refractivity contribution in [3.05, 3.63) is 66.0 Å². The Balaban J connectivity index is 0.778. The number of benzene rings is 1. The van der Waals surface area contributed by atoms with Gasteiger partial charge in [-0.2, -0.15) is 14.3 Å². The fourth-order valence-electron chi connectivity index (χ4n) is 9.75. The number of piperazine rings is 1. The summed E-state index contributed by atoms with van der Waals surface area (Å²) in [7, 11) is -3.51. The average Bonchev–Trinajstić information content (AvgIpc) is 3.83. The molecule has 19 nitrogen and oxygen atoms in total. The molecule has 4 fully saturated rings. The molecule has 0 bridgehead atoms. The maximum absolute atomic E-state index is 15.8. The van der Waals surface area contributed by atoms with E-state index in [1.807, 2.05) is 21.8 Å². The first-order valence-corrected chi connectivity index (χ1v) is 23.7. The molecule has 1 saturated carbocycles. The minimum absolute atomic E-state index is 0.00669. The smallest absolute Gasteiger partial charge is 0.262 e. The van der Waals surface area contributed by atoms with Gasteiger partial charge in [0, 0.05) is 75.7 Å². The molecule has 65 heavy (non-hydrogen) atoms. The molecular weight excluding hydrogens is 858 g/mol. The summed E-state index contributed by atoms with van der Waals surface area (Å²) in [5.41, 5.74) is 1.66. The Morgan fingerprint density at radius 3 is 2.31 bits per heavy atom. The fourth-order valence-corrected chi connectivity index (χ4v) is 11.2. The van der Waals surface area contributed by atoms with Gasteiger partial charge < -0.3 is 15.1 Å². The van der Waals surface area contributed by atoms with Crippen LogP contribution < -0.4 is 20.4 Å². The highest BCUT2D eigenvalue weighted by atomic mass is 32.2. The van der Waals surface area contributed by atoms with Gasteiger partial charge in [0.25, 0.3) is 21.8 Å². The molecule has 3 unspecified atom stereocenters. The Kier molecular flexibility index (Phi) is 10.7. The highest BCUT2D eigenvalue weighted by molar-refractivity contribution is 7.90. The highest BCUT2D eigenvalue weighted by Gasteiger charge is 2.46. The molecule has 3 saturated heterocycles. The number of nitrogens with one attached hydrogen (secondary N) is 2. The summed E-state index contributed by atoms with van der Waals surface area (Å²) >= 11 is 0. The SMILES string of the molecule is CC1CN(c2cc3c(cc2F)C(=O)N(C2CCC(=O)NC2=O)C3=O)CC(C)N1CC1CCN(c2nn(C(C)C)c3cc(Nc4ccnc(-c5cnn(S(=O)(=O)C6CC6)c5)n4)ncc23)CC1. The predicted molar refractivity (Wildman–Crippen MR) is 238 cm³/mol. The van der Waals surface area contributed by atoms with Crippen LogP contribution in [0.4, 0.5) is 27.5 Å². The molecule has 5 aliphatic rings. The number of amides is 4. The number of anilines is 4. The van der Waals surface area contributed by atoms with Crippen molar-refractivity contribution in [1.82, 2.24) is 49.0 Å². The van der Waals surface area contributed by atoms with E-state index in [-0.39, 0.29) is 53.0 Å². The lowest BCUT2D eigenvalue weighted by Crippen LogP contribution is -2.58. The molecule has 340 valence electrons. The number of hydrogen-bond donors (Lipinski definition) is 2. The molecule has 4 amide bonds. The molecule has 5 aromatic rings. The Morgan fingerprint density at radius 1 is 0.892 bits per heavy atom. The van der Waals surface area contributed by atoms with E-state index in [0.29, 0.717) is 54.9 Å². The maximum atomic E-state index is 15.8. The molecular formula is C44H50FN13O6S. The van der Waals surface area contributed by atoms with Gasteiger partial charge in [-0.05, 0) is 83.9 Å². The Hall–Kier alpha value is -6.35. The van der Waals surface area contributed by atoms with Crippen molar-refractivity contribution < 1.29 is 32.0 Å². The van der Waals surface area contributed by atoms with Crippen molar-refractivity contribution in [2.75, 3.05) is 47.8 Å². The van der Waals surface area contributed by atoms with Crippen LogP contribution >= 0.6 is 0 Å². The molecule has 8 heterocycles. The van der Waals surface area contributed by atoms with E-state index in [4.69, 9.17) is 10.1 Å². The molecule has 21 heteroatoms. The molecule has 2 N–H and O–H groups in total. The normalized spacial score (nSPS) is 22.4. The van der Waals surface area contributed by atoms with Gasteiger partial charge in [-0.1, -0.05) is 0 Å². The molecule has 1 aromatic carbocycles. The van der Waals surface area contributed by atoms with E-state index in [1.165, 1.54) is 18.5 Å². The Bertz CT molecular complexity index is 2860. The molecule has 10 rings (SSSR count). The summed E-state index contributed by atoms with van der Waals surface area (Å²) in [4.78, 5) is 72.4. The van der Waals surface area contributed by atoms with Crippen LogP contribution in [0.15, 0.2) is 49.1 Å². The number of aromatic nitrogens is 7. The number of halogens is 1. The fraction of sp³-hybridized carbons (Fsp3) is 0.477. The largest absolute Gasteiger partial charge is 0.366 e. The second-order valence-corrected chi connectivity index (χ2v) is 20.3. The van der Waals surface area contributed by atoms with Crippen molar-refractivity contribution >= 4 is 67.7 Å². The van der Waals surface area contributed by atoms with E-state index in [0.717, 1.165) is 64.3 Å². The van der Waals surface area contributed by atoms with Crippen molar-refractivity contribution in [3.63, 3.8) is 0 Å². The van der Waals surface area contributed by atoms with Gasteiger partial charge in [-0.3, -0.25) is 39.0 Å². The van der Waals surface area contributed by atoms with E-state index in [9.17, 15) is 27.6 Å². The first kappa shape index (κ1) is 42.6. The van der Waals surface area contributed by atoms with Gasteiger partial charge in [-0.15, -0.1) is 0 Å². The monoisotopic (exact) mass is 907 g/mol. The van der Waals surface area contributed by atoms with E-state index < -0.39 is 45.5 Å². The molecule has 1 aliphatic carbocycles. The third-order valence-electron chi connectivity index (χ3n) is 13.3. The number of pyridine rings is 1. The van der Waals surface area contributed by atoms with Gasteiger partial charge in [0.05, 0.1) is 50.9 Å². The number of hydrogen-bond acceptors (Lipinski definition) is 15. The van der Waals surface area contributed by atoms with E-state index in [1.54, 1.807) is 12.3 Å². The Morgan fingerprint density at radius 2 is 1.62 bits per heavy atom. The lowest BCUT2D eigenvalue weighted by molar-refractivity contribution is -0.136. The minimum Gasteiger partial charge on any atom is -0.366 e. The highest BCUT2D eigenvalue weighted by Crippen LogP contribution is 2.37. The first-order chi connectivity index (χ1) is 31.1. The van der Waals surface area contributed by atoms with Crippen LogP contribution in [0, 0.1) is 11.7 Å². The van der Waals surface area contributed by atoms with Gasteiger partial charge in [0.2, 0.25) is 11.8 Å². The first-order valence-electron chi connectivity index (χ1n) is 22.2. The van der Waals surface area contributed by atoms with Crippen LogP contribution in [-0.4, -0.2) is 132 Å². The van der Waals surface area contributed by atoms with Crippen LogP contribution in [-0.2, 0) is 19.6 Å².